The van der Waals surface area contributed by atoms with Gasteiger partial charge in [-0.2, -0.15) is 0 Å². The molecule has 0 atom stereocenters. The molecule has 3 aromatic heterocycles. The molecule has 1 aliphatic rings. The fourth-order valence-corrected chi connectivity index (χ4v) is 3.35. The molecular formula is C20H17N3O2. The van der Waals surface area contributed by atoms with Gasteiger partial charge in [0.2, 0.25) is 5.88 Å². The van der Waals surface area contributed by atoms with Gasteiger partial charge in [-0.05, 0) is 23.8 Å². The van der Waals surface area contributed by atoms with Crippen LogP contribution in [-0.2, 0) is 0 Å². The first-order valence-electron chi connectivity index (χ1n) is 8.43. The van der Waals surface area contributed by atoms with Crippen LogP contribution in [-0.4, -0.2) is 32.3 Å². The predicted octanol–water partition coefficient (Wildman–Crippen LogP) is 3.68. The number of rotatable bonds is 3. The normalized spacial score (nSPS) is 19.9. The molecular weight excluding hydrogens is 314 g/mol. The lowest BCUT2D eigenvalue weighted by Gasteiger charge is -2.31. The number of aromatic amines is 1. The van der Waals surface area contributed by atoms with Crippen LogP contribution in [0.15, 0.2) is 55.0 Å². The molecule has 1 saturated carbocycles. The van der Waals surface area contributed by atoms with Gasteiger partial charge in [-0.1, -0.05) is 12.1 Å². The molecule has 5 rings (SSSR count). The molecule has 1 fully saturated rings. The van der Waals surface area contributed by atoms with Crippen LogP contribution >= 0.6 is 0 Å². The Kier molecular flexibility index (Phi) is 3.21. The molecule has 124 valence electrons. The highest BCUT2D eigenvalue weighted by Crippen LogP contribution is 2.30. The first kappa shape index (κ1) is 14.4. The summed E-state index contributed by atoms with van der Waals surface area (Å²) >= 11 is 0. The van der Waals surface area contributed by atoms with Gasteiger partial charge in [-0.25, -0.2) is 4.98 Å². The molecule has 5 heteroatoms. The average Bonchev–Trinajstić information content (AvgIpc) is 2.99. The van der Waals surface area contributed by atoms with Gasteiger partial charge >= 0.3 is 0 Å². The van der Waals surface area contributed by atoms with Crippen molar-refractivity contribution >= 4 is 21.8 Å². The van der Waals surface area contributed by atoms with Gasteiger partial charge in [0.15, 0.2) is 0 Å². The van der Waals surface area contributed by atoms with Crippen LogP contribution in [0.2, 0.25) is 0 Å². The highest BCUT2D eigenvalue weighted by atomic mass is 16.5. The lowest BCUT2D eigenvalue weighted by atomic mass is 9.92. The molecule has 0 amide bonds. The number of nitrogens with zero attached hydrogens (tertiary/aromatic N) is 2. The smallest absolute Gasteiger partial charge is 0.213 e. The fraction of sp³-hybridized carbons (Fsp3) is 0.200. The van der Waals surface area contributed by atoms with Gasteiger partial charge in [0, 0.05) is 64.9 Å². The third kappa shape index (κ3) is 2.53. The monoisotopic (exact) mass is 331 g/mol. The lowest BCUT2D eigenvalue weighted by Crippen LogP contribution is -2.37. The van der Waals surface area contributed by atoms with E-state index in [0.717, 1.165) is 27.5 Å². The van der Waals surface area contributed by atoms with E-state index in [1.165, 1.54) is 5.39 Å². The summed E-state index contributed by atoms with van der Waals surface area (Å²) in [6.45, 7) is 0. The Hall–Kier alpha value is -2.92. The van der Waals surface area contributed by atoms with Gasteiger partial charge in [-0.15, -0.1) is 0 Å². The number of aromatic nitrogens is 3. The Morgan fingerprint density at radius 1 is 0.960 bits per heavy atom. The van der Waals surface area contributed by atoms with Crippen LogP contribution in [0.3, 0.4) is 0 Å². The molecule has 0 bridgehead atoms. The van der Waals surface area contributed by atoms with E-state index in [2.05, 4.69) is 33.2 Å². The molecule has 25 heavy (non-hydrogen) atoms. The summed E-state index contributed by atoms with van der Waals surface area (Å²) in [5.74, 6) is 0.610. The number of fused-ring (bicyclic) bond motifs is 3. The maximum atomic E-state index is 9.32. The second-order valence-corrected chi connectivity index (χ2v) is 6.56. The largest absolute Gasteiger partial charge is 0.474 e. The van der Waals surface area contributed by atoms with Crippen LogP contribution in [0.4, 0.5) is 0 Å². The maximum absolute atomic E-state index is 9.32. The number of hydrogen-bond donors (Lipinski definition) is 2. The minimum absolute atomic E-state index is 0.0876. The van der Waals surface area contributed by atoms with Crippen molar-refractivity contribution < 1.29 is 9.84 Å². The third-order valence-corrected chi connectivity index (χ3v) is 4.83. The van der Waals surface area contributed by atoms with Gasteiger partial charge in [0.25, 0.3) is 0 Å². The zero-order valence-corrected chi connectivity index (χ0v) is 13.5. The van der Waals surface area contributed by atoms with E-state index in [1.807, 2.05) is 30.6 Å². The van der Waals surface area contributed by atoms with Crippen LogP contribution in [0.25, 0.3) is 32.9 Å². The van der Waals surface area contributed by atoms with Crippen molar-refractivity contribution in [2.24, 2.45) is 0 Å². The minimum Gasteiger partial charge on any atom is -0.474 e. The van der Waals surface area contributed by atoms with Crippen molar-refractivity contribution in [3.63, 3.8) is 0 Å². The second-order valence-electron chi connectivity index (χ2n) is 6.56. The molecule has 0 unspecified atom stereocenters. The summed E-state index contributed by atoms with van der Waals surface area (Å²) in [6.07, 6.45) is 6.76. The Morgan fingerprint density at radius 2 is 1.84 bits per heavy atom. The van der Waals surface area contributed by atoms with Crippen molar-refractivity contribution in [1.29, 1.82) is 0 Å². The molecule has 0 spiro atoms. The zero-order chi connectivity index (χ0) is 16.8. The van der Waals surface area contributed by atoms with E-state index >= 15 is 0 Å². The quantitative estimate of drug-likeness (QED) is 0.601. The van der Waals surface area contributed by atoms with E-state index in [4.69, 9.17) is 4.74 Å². The SMILES string of the molecule is OC1CC(Oc2ccc(-c3ccc4c(c3)[nH]c3ccncc34)cn2)C1. The molecule has 5 nitrogen and oxygen atoms in total. The Labute approximate surface area is 144 Å². The maximum Gasteiger partial charge on any atom is 0.213 e. The number of aliphatic hydroxyl groups is 1. The van der Waals surface area contributed by atoms with Crippen LogP contribution in [0, 0.1) is 0 Å². The van der Waals surface area contributed by atoms with Gasteiger partial charge in [-0.3, -0.25) is 4.98 Å². The summed E-state index contributed by atoms with van der Waals surface area (Å²) < 4.78 is 5.74. The van der Waals surface area contributed by atoms with E-state index in [9.17, 15) is 5.11 Å². The summed E-state index contributed by atoms with van der Waals surface area (Å²) in [7, 11) is 0. The number of aliphatic hydroxyl groups excluding tert-OH is 1. The van der Waals surface area contributed by atoms with Crippen molar-refractivity contribution in [2.75, 3.05) is 0 Å². The van der Waals surface area contributed by atoms with Crippen molar-refractivity contribution in [2.45, 2.75) is 25.0 Å². The molecule has 1 aromatic carbocycles. The van der Waals surface area contributed by atoms with E-state index < -0.39 is 0 Å². The van der Waals surface area contributed by atoms with Crippen molar-refractivity contribution in [3.8, 4) is 17.0 Å². The molecule has 0 aliphatic heterocycles. The first-order chi connectivity index (χ1) is 12.3. The van der Waals surface area contributed by atoms with Gasteiger partial charge in [0.1, 0.15) is 6.10 Å². The number of benzene rings is 1. The third-order valence-electron chi connectivity index (χ3n) is 4.83. The Morgan fingerprint density at radius 3 is 2.64 bits per heavy atom. The molecule has 3 heterocycles. The predicted molar refractivity (Wildman–Crippen MR) is 96.5 cm³/mol. The highest BCUT2D eigenvalue weighted by Gasteiger charge is 2.29. The summed E-state index contributed by atoms with van der Waals surface area (Å²) in [4.78, 5) is 12.0. The van der Waals surface area contributed by atoms with Gasteiger partial charge < -0.3 is 14.8 Å². The Balaban J connectivity index is 1.45. The van der Waals surface area contributed by atoms with Crippen molar-refractivity contribution in [1.82, 2.24) is 15.0 Å². The average molecular weight is 331 g/mol. The topological polar surface area (TPSA) is 71.0 Å². The molecule has 0 saturated heterocycles. The number of pyridine rings is 2. The fourth-order valence-electron chi connectivity index (χ4n) is 3.35. The molecule has 0 radical (unpaired) electrons. The summed E-state index contributed by atoms with van der Waals surface area (Å²) in [5.41, 5.74) is 4.32. The standard InChI is InChI=1S/C20H17N3O2/c24-14-8-15(9-14)25-20-4-2-13(10-22-20)12-1-3-16-17-11-21-6-5-18(17)23-19(16)7-12/h1-7,10-11,14-15,23-24H,8-9H2. The first-order valence-corrected chi connectivity index (χ1v) is 8.43. The van der Waals surface area contributed by atoms with Crippen LogP contribution in [0.5, 0.6) is 5.88 Å². The number of ether oxygens (including phenoxy) is 1. The van der Waals surface area contributed by atoms with E-state index in [1.54, 1.807) is 6.20 Å². The number of hydrogen-bond acceptors (Lipinski definition) is 4. The zero-order valence-electron chi connectivity index (χ0n) is 13.5. The van der Waals surface area contributed by atoms with E-state index in [0.29, 0.717) is 18.7 Å². The second kappa shape index (κ2) is 5.57. The van der Waals surface area contributed by atoms with Crippen LogP contribution < -0.4 is 4.74 Å². The van der Waals surface area contributed by atoms with Crippen LogP contribution in [0.1, 0.15) is 12.8 Å². The Bertz CT molecular complexity index is 1050. The molecule has 4 aromatic rings. The van der Waals surface area contributed by atoms with E-state index in [-0.39, 0.29) is 12.2 Å². The molecule has 2 N–H and O–H groups in total. The van der Waals surface area contributed by atoms with Crippen molar-refractivity contribution in [3.05, 3.63) is 55.0 Å². The lowest BCUT2D eigenvalue weighted by molar-refractivity contribution is -0.0128. The number of H-pyrrole nitrogens is 1. The summed E-state index contributed by atoms with van der Waals surface area (Å²) in [6, 6.07) is 12.2. The highest BCUT2D eigenvalue weighted by molar-refractivity contribution is 6.07. The minimum atomic E-state index is -0.220. The van der Waals surface area contributed by atoms with Gasteiger partial charge in [0.05, 0.1) is 6.10 Å². The summed E-state index contributed by atoms with van der Waals surface area (Å²) in [5, 5.41) is 11.6. The number of nitrogens with one attached hydrogen (secondary N) is 1. The molecule has 1 aliphatic carbocycles.